The lowest BCUT2D eigenvalue weighted by Crippen LogP contribution is -2.20. The molecule has 5 N–H and O–H groups in total. The summed E-state index contributed by atoms with van der Waals surface area (Å²) < 4.78 is 0. The highest BCUT2D eigenvalue weighted by Crippen LogP contribution is 2.29. The molecule has 66 valence electrons. The lowest BCUT2D eigenvalue weighted by Gasteiger charge is -2.11. The summed E-state index contributed by atoms with van der Waals surface area (Å²) in [5.41, 5.74) is 11.7. The van der Waals surface area contributed by atoms with Gasteiger partial charge in [0.25, 0.3) is 0 Å². The minimum absolute atomic E-state index is 0.0399. The maximum Gasteiger partial charge on any atom is 0.134 e. The van der Waals surface area contributed by atoms with Crippen LogP contribution < -0.4 is 11.5 Å². The smallest absolute Gasteiger partial charge is 0.134 e. The van der Waals surface area contributed by atoms with Crippen molar-refractivity contribution in [2.45, 2.75) is 6.04 Å². The summed E-state index contributed by atoms with van der Waals surface area (Å²) in [7, 11) is 0. The Bertz CT molecular complexity index is 278. The Morgan fingerprint density at radius 1 is 1.50 bits per heavy atom. The third-order valence-electron chi connectivity index (χ3n) is 1.66. The molecule has 4 heteroatoms. The molecule has 1 aromatic rings. The molecule has 0 spiro atoms. The third-order valence-corrected chi connectivity index (χ3v) is 2.07. The van der Waals surface area contributed by atoms with Gasteiger partial charge in [0.05, 0.1) is 5.02 Å². The number of phenolic OH excluding ortho intramolecular Hbond substituents is 1. The van der Waals surface area contributed by atoms with Crippen LogP contribution in [0.3, 0.4) is 0 Å². The van der Waals surface area contributed by atoms with E-state index in [0.717, 1.165) is 0 Å². The second-order valence-electron chi connectivity index (χ2n) is 2.52. The van der Waals surface area contributed by atoms with Crippen LogP contribution in [0.5, 0.6) is 5.75 Å². The summed E-state index contributed by atoms with van der Waals surface area (Å²) >= 11 is 5.78. The Morgan fingerprint density at radius 3 is 2.75 bits per heavy atom. The Hall–Kier alpha value is -0.770. The number of benzene rings is 1. The van der Waals surface area contributed by atoms with Gasteiger partial charge in [-0.1, -0.05) is 23.7 Å². The highest BCUT2D eigenvalue weighted by Gasteiger charge is 2.10. The average molecular weight is 187 g/mol. The van der Waals surface area contributed by atoms with Crippen molar-refractivity contribution < 1.29 is 5.11 Å². The molecule has 0 heterocycles. The third kappa shape index (κ3) is 1.69. The highest BCUT2D eigenvalue weighted by atomic mass is 35.5. The van der Waals surface area contributed by atoms with Crippen LogP contribution in [0.1, 0.15) is 11.6 Å². The molecule has 0 aliphatic carbocycles. The average Bonchev–Trinajstić information content (AvgIpc) is 2.08. The van der Waals surface area contributed by atoms with Gasteiger partial charge in [-0.3, -0.25) is 0 Å². The van der Waals surface area contributed by atoms with Crippen LogP contribution in [-0.2, 0) is 0 Å². The molecule has 1 rings (SSSR count). The van der Waals surface area contributed by atoms with E-state index in [2.05, 4.69) is 0 Å². The molecule has 0 aromatic heterocycles. The topological polar surface area (TPSA) is 72.3 Å². The molecule has 0 saturated heterocycles. The molecule has 1 atom stereocenters. The van der Waals surface area contributed by atoms with Crippen LogP contribution in [0.4, 0.5) is 0 Å². The van der Waals surface area contributed by atoms with Crippen molar-refractivity contribution in [1.82, 2.24) is 0 Å². The predicted molar refractivity (Wildman–Crippen MR) is 49.1 cm³/mol. The van der Waals surface area contributed by atoms with Gasteiger partial charge < -0.3 is 16.6 Å². The lowest BCUT2D eigenvalue weighted by atomic mass is 10.1. The van der Waals surface area contributed by atoms with Crippen molar-refractivity contribution in [2.75, 3.05) is 6.54 Å². The summed E-state index contributed by atoms with van der Waals surface area (Å²) in [4.78, 5) is 0. The zero-order chi connectivity index (χ0) is 9.14. The standard InChI is InChI=1S/C8H11ClN2O/c9-8-5(6(11)4-10)2-1-3-7(8)12/h1-3,6,12H,4,10-11H2/t6-/m0/s1. The molecule has 0 aliphatic rings. The van der Waals surface area contributed by atoms with Crippen LogP contribution in [0.2, 0.25) is 5.02 Å². The van der Waals surface area contributed by atoms with Gasteiger partial charge in [-0.05, 0) is 11.6 Å². The molecular formula is C8H11ClN2O. The Morgan fingerprint density at radius 2 is 2.17 bits per heavy atom. The molecule has 0 amide bonds. The van der Waals surface area contributed by atoms with Crippen molar-refractivity contribution in [3.8, 4) is 5.75 Å². The van der Waals surface area contributed by atoms with E-state index < -0.39 is 0 Å². The number of aromatic hydroxyl groups is 1. The minimum Gasteiger partial charge on any atom is -0.506 e. The van der Waals surface area contributed by atoms with Gasteiger partial charge in [-0.15, -0.1) is 0 Å². The first kappa shape index (κ1) is 9.32. The molecule has 12 heavy (non-hydrogen) atoms. The molecule has 0 aliphatic heterocycles. The molecule has 3 nitrogen and oxygen atoms in total. The van der Waals surface area contributed by atoms with E-state index in [1.165, 1.54) is 6.07 Å². The maximum atomic E-state index is 9.22. The number of halogens is 1. The monoisotopic (exact) mass is 186 g/mol. The van der Waals surface area contributed by atoms with Gasteiger partial charge in [0.15, 0.2) is 0 Å². The second-order valence-corrected chi connectivity index (χ2v) is 2.90. The van der Waals surface area contributed by atoms with Crippen molar-refractivity contribution >= 4 is 11.6 Å². The summed E-state index contributed by atoms with van der Waals surface area (Å²) in [6.07, 6.45) is 0. The zero-order valence-corrected chi connectivity index (χ0v) is 7.25. The van der Waals surface area contributed by atoms with E-state index in [1.54, 1.807) is 12.1 Å². The van der Waals surface area contributed by atoms with E-state index in [9.17, 15) is 5.11 Å². The highest BCUT2D eigenvalue weighted by molar-refractivity contribution is 6.32. The molecule has 0 bridgehead atoms. The lowest BCUT2D eigenvalue weighted by molar-refractivity contribution is 0.474. The van der Waals surface area contributed by atoms with E-state index in [0.29, 0.717) is 12.1 Å². The maximum absolute atomic E-state index is 9.22. The van der Waals surface area contributed by atoms with Gasteiger partial charge in [-0.25, -0.2) is 0 Å². The van der Waals surface area contributed by atoms with Crippen LogP contribution in [0, 0.1) is 0 Å². The van der Waals surface area contributed by atoms with Gasteiger partial charge >= 0.3 is 0 Å². The summed E-state index contributed by atoms with van der Waals surface area (Å²) in [5.74, 6) is 0.0399. The van der Waals surface area contributed by atoms with Gasteiger partial charge in [0.2, 0.25) is 0 Å². The number of rotatable bonds is 2. The molecular weight excluding hydrogens is 176 g/mol. The quantitative estimate of drug-likeness (QED) is 0.646. The summed E-state index contributed by atoms with van der Waals surface area (Å²) in [6, 6.07) is 4.63. The van der Waals surface area contributed by atoms with Crippen molar-refractivity contribution in [2.24, 2.45) is 11.5 Å². The molecule has 0 radical (unpaired) electrons. The van der Waals surface area contributed by atoms with Gasteiger partial charge in [0.1, 0.15) is 5.75 Å². The minimum atomic E-state index is -0.315. The fraction of sp³-hybridized carbons (Fsp3) is 0.250. The van der Waals surface area contributed by atoms with E-state index in [-0.39, 0.29) is 16.8 Å². The number of nitrogens with two attached hydrogens (primary N) is 2. The number of phenols is 1. The number of hydrogen-bond donors (Lipinski definition) is 3. The van der Waals surface area contributed by atoms with E-state index in [4.69, 9.17) is 23.1 Å². The second kappa shape index (κ2) is 3.76. The number of hydrogen-bond acceptors (Lipinski definition) is 3. The Kier molecular flexibility index (Phi) is 2.92. The normalized spacial score (nSPS) is 12.9. The van der Waals surface area contributed by atoms with Crippen molar-refractivity contribution in [3.63, 3.8) is 0 Å². The molecule has 0 fully saturated rings. The van der Waals surface area contributed by atoms with Crippen LogP contribution in [0.25, 0.3) is 0 Å². The first-order chi connectivity index (χ1) is 5.66. The zero-order valence-electron chi connectivity index (χ0n) is 6.50. The first-order valence-electron chi connectivity index (χ1n) is 3.60. The van der Waals surface area contributed by atoms with Gasteiger partial charge in [-0.2, -0.15) is 0 Å². The largest absolute Gasteiger partial charge is 0.506 e. The van der Waals surface area contributed by atoms with Gasteiger partial charge in [0, 0.05) is 12.6 Å². The van der Waals surface area contributed by atoms with Crippen LogP contribution >= 0.6 is 11.6 Å². The molecule has 0 saturated carbocycles. The predicted octanol–water partition coefficient (Wildman–Crippen LogP) is 1.00. The summed E-state index contributed by atoms with van der Waals surface area (Å²) in [5, 5.41) is 9.50. The Balaban J connectivity index is 3.07. The summed E-state index contributed by atoms with van der Waals surface area (Å²) in [6.45, 7) is 0.309. The van der Waals surface area contributed by atoms with Crippen LogP contribution in [0.15, 0.2) is 18.2 Å². The molecule has 1 aromatic carbocycles. The van der Waals surface area contributed by atoms with Crippen molar-refractivity contribution in [1.29, 1.82) is 0 Å². The molecule has 0 unspecified atom stereocenters. The Labute approximate surface area is 75.9 Å². The fourth-order valence-corrected chi connectivity index (χ4v) is 1.22. The first-order valence-corrected chi connectivity index (χ1v) is 3.97. The van der Waals surface area contributed by atoms with Crippen LogP contribution in [-0.4, -0.2) is 11.7 Å². The van der Waals surface area contributed by atoms with Crippen molar-refractivity contribution in [3.05, 3.63) is 28.8 Å². The van der Waals surface area contributed by atoms with E-state index >= 15 is 0 Å². The SMILES string of the molecule is NC[C@H](N)c1cccc(O)c1Cl. The van der Waals surface area contributed by atoms with E-state index in [1.807, 2.05) is 0 Å². The fourth-order valence-electron chi connectivity index (χ4n) is 0.950.